The van der Waals surface area contributed by atoms with E-state index in [1.807, 2.05) is 12.1 Å². The molecule has 0 saturated carbocycles. The van der Waals surface area contributed by atoms with Crippen molar-refractivity contribution in [2.75, 3.05) is 0 Å². The van der Waals surface area contributed by atoms with Crippen molar-refractivity contribution < 1.29 is 5.11 Å². The number of benzene rings is 2. The zero-order chi connectivity index (χ0) is 11.5. The second kappa shape index (κ2) is 4.38. The maximum absolute atomic E-state index is 9.39. The van der Waals surface area contributed by atoms with Gasteiger partial charge in [0.15, 0.2) is 0 Å². The molecule has 3 heteroatoms. The number of phenolic OH excluding ortho intramolecular Hbond substituents is 1. The van der Waals surface area contributed by atoms with Crippen LogP contribution in [0.5, 0.6) is 5.75 Å². The molecule has 0 aliphatic heterocycles. The minimum atomic E-state index is 0.219. The Kier molecular flexibility index (Phi) is 2.93. The topological polar surface area (TPSA) is 44.0 Å². The summed E-state index contributed by atoms with van der Waals surface area (Å²) in [5, 5.41) is 18.3. The minimum absolute atomic E-state index is 0.219. The van der Waals surface area contributed by atoms with Gasteiger partial charge in [0.1, 0.15) is 5.75 Å². The highest BCUT2D eigenvalue weighted by molar-refractivity contribution is 9.10. The molecule has 0 unspecified atom stereocenters. The third kappa shape index (κ3) is 2.23. The van der Waals surface area contributed by atoms with E-state index in [4.69, 9.17) is 5.26 Å². The molecule has 0 aliphatic carbocycles. The van der Waals surface area contributed by atoms with Gasteiger partial charge in [0.25, 0.3) is 0 Å². The number of halogens is 1. The Balaban J connectivity index is 2.56. The SMILES string of the molecule is N#Cc1cc(Br)cc(-c2cccc(O)c2)c1. The van der Waals surface area contributed by atoms with Gasteiger partial charge in [0.2, 0.25) is 0 Å². The van der Waals surface area contributed by atoms with Crippen LogP contribution in [0.15, 0.2) is 46.9 Å². The lowest BCUT2D eigenvalue weighted by Gasteiger charge is -2.03. The average Bonchev–Trinajstić information content (AvgIpc) is 2.28. The van der Waals surface area contributed by atoms with Crippen molar-refractivity contribution in [3.8, 4) is 22.9 Å². The highest BCUT2D eigenvalue weighted by Crippen LogP contribution is 2.27. The van der Waals surface area contributed by atoms with Crippen LogP contribution >= 0.6 is 15.9 Å². The van der Waals surface area contributed by atoms with Gasteiger partial charge < -0.3 is 5.11 Å². The summed E-state index contributed by atoms with van der Waals surface area (Å²) < 4.78 is 0.852. The average molecular weight is 274 g/mol. The Labute approximate surface area is 102 Å². The Morgan fingerprint density at radius 3 is 2.56 bits per heavy atom. The van der Waals surface area contributed by atoms with E-state index in [-0.39, 0.29) is 5.75 Å². The van der Waals surface area contributed by atoms with Gasteiger partial charge in [-0.2, -0.15) is 5.26 Å². The predicted molar refractivity (Wildman–Crippen MR) is 66.0 cm³/mol. The number of hydrogen-bond donors (Lipinski definition) is 1. The van der Waals surface area contributed by atoms with Gasteiger partial charge in [0.05, 0.1) is 11.6 Å². The van der Waals surface area contributed by atoms with Gasteiger partial charge >= 0.3 is 0 Å². The van der Waals surface area contributed by atoms with Gasteiger partial charge in [-0.3, -0.25) is 0 Å². The lowest BCUT2D eigenvalue weighted by Crippen LogP contribution is -1.81. The molecule has 0 fully saturated rings. The van der Waals surface area contributed by atoms with Crippen LogP contribution in [0.4, 0.5) is 0 Å². The highest BCUT2D eigenvalue weighted by atomic mass is 79.9. The Hall–Kier alpha value is -1.79. The smallest absolute Gasteiger partial charge is 0.116 e. The summed E-state index contributed by atoms with van der Waals surface area (Å²) >= 11 is 3.36. The van der Waals surface area contributed by atoms with E-state index in [1.165, 1.54) is 0 Å². The van der Waals surface area contributed by atoms with E-state index in [2.05, 4.69) is 22.0 Å². The molecule has 2 rings (SSSR count). The van der Waals surface area contributed by atoms with E-state index in [0.717, 1.165) is 15.6 Å². The van der Waals surface area contributed by atoms with Crippen molar-refractivity contribution in [2.24, 2.45) is 0 Å². The zero-order valence-electron chi connectivity index (χ0n) is 8.31. The molecule has 0 bridgehead atoms. The van der Waals surface area contributed by atoms with E-state index in [0.29, 0.717) is 5.56 Å². The molecule has 0 spiro atoms. The first-order valence-corrected chi connectivity index (χ1v) is 5.48. The van der Waals surface area contributed by atoms with Crippen LogP contribution < -0.4 is 0 Å². The molecule has 2 nitrogen and oxygen atoms in total. The first-order valence-electron chi connectivity index (χ1n) is 4.69. The molecular weight excluding hydrogens is 266 g/mol. The summed E-state index contributed by atoms with van der Waals surface area (Å²) in [4.78, 5) is 0. The molecular formula is C13H8BrNO. The van der Waals surface area contributed by atoms with Crippen LogP contribution in [0.3, 0.4) is 0 Å². The molecule has 0 saturated heterocycles. The van der Waals surface area contributed by atoms with Crippen molar-refractivity contribution in [3.05, 3.63) is 52.5 Å². The Morgan fingerprint density at radius 2 is 1.88 bits per heavy atom. The maximum Gasteiger partial charge on any atom is 0.116 e. The molecule has 0 amide bonds. The third-order valence-corrected chi connectivity index (χ3v) is 2.66. The van der Waals surface area contributed by atoms with Crippen LogP contribution in [0.25, 0.3) is 11.1 Å². The van der Waals surface area contributed by atoms with Crippen LogP contribution in [0, 0.1) is 11.3 Å². The second-order valence-electron chi connectivity index (χ2n) is 3.39. The fourth-order valence-electron chi connectivity index (χ4n) is 1.51. The maximum atomic E-state index is 9.39. The van der Waals surface area contributed by atoms with Gasteiger partial charge in [-0.05, 0) is 41.5 Å². The number of aromatic hydroxyl groups is 1. The number of hydrogen-bond acceptors (Lipinski definition) is 2. The quantitative estimate of drug-likeness (QED) is 0.861. The highest BCUT2D eigenvalue weighted by Gasteiger charge is 2.02. The summed E-state index contributed by atoms with van der Waals surface area (Å²) in [6, 6.07) is 14.5. The van der Waals surface area contributed by atoms with E-state index in [9.17, 15) is 5.11 Å². The molecule has 0 atom stereocenters. The molecule has 2 aromatic rings. The first-order chi connectivity index (χ1) is 7.69. The van der Waals surface area contributed by atoms with E-state index >= 15 is 0 Å². The molecule has 0 aromatic heterocycles. The molecule has 0 heterocycles. The second-order valence-corrected chi connectivity index (χ2v) is 4.31. The van der Waals surface area contributed by atoms with Gasteiger partial charge in [-0.15, -0.1) is 0 Å². The first kappa shape index (κ1) is 10.7. The number of phenols is 1. The predicted octanol–water partition coefficient (Wildman–Crippen LogP) is 3.69. The van der Waals surface area contributed by atoms with Crippen LogP contribution in [0.1, 0.15) is 5.56 Å². The van der Waals surface area contributed by atoms with Crippen molar-refractivity contribution in [3.63, 3.8) is 0 Å². The van der Waals surface area contributed by atoms with Crippen molar-refractivity contribution in [2.45, 2.75) is 0 Å². The summed E-state index contributed by atoms with van der Waals surface area (Å²) in [5.74, 6) is 0.219. The molecule has 0 aliphatic rings. The van der Waals surface area contributed by atoms with Crippen molar-refractivity contribution >= 4 is 15.9 Å². The number of nitrogens with zero attached hydrogens (tertiary/aromatic N) is 1. The zero-order valence-corrected chi connectivity index (χ0v) is 9.90. The molecule has 1 N–H and O–H groups in total. The third-order valence-electron chi connectivity index (χ3n) is 2.21. The molecule has 2 aromatic carbocycles. The molecule has 0 radical (unpaired) electrons. The Morgan fingerprint density at radius 1 is 1.06 bits per heavy atom. The fraction of sp³-hybridized carbons (Fsp3) is 0. The van der Waals surface area contributed by atoms with Crippen LogP contribution in [0.2, 0.25) is 0 Å². The molecule has 16 heavy (non-hydrogen) atoms. The fourth-order valence-corrected chi connectivity index (χ4v) is 2.00. The van der Waals surface area contributed by atoms with Crippen molar-refractivity contribution in [1.29, 1.82) is 5.26 Å². The number of nitriles is 1. The van der Waals surface area contributed by atoms with E-state index in [1.54, 1.807) is 30.3 Å². The molecule has 78 valence electrons. The number of rotatable bonds is 1. The minimum Gasteiger partial charge on any atom is -0.508 e. The van der Waals surface area contributed by atoms with Crippen LogP contribution in [-0.2, 0) is 0 Å². The lowest BCUT2D eigenvalue weighted by atomic mass is 10.0. The van der Waals surface area contributed by atoms with Crippen LogP contribution in [-0.4, -0.2) is 5.11 Å². The van der Waals surface area contributed by atoms with E-state index < -0.39 is 0 Å². The monoisotopic (exact) mass is 273 g/mol. The van der Waals surface area contributed by atoms with Crippen molar-refractivity contribution in [1.82, 2.24) is 0 Å². The normalized spacial score (nSPS) is 9.75. The standard InChI is InChI=1S/C13H8BrNO/c14-12-5-9(8-15)4-11(6-12)10-2-1-3-13(16)7-10/h1-7,16H. The lowest BCUT2D eigenvalue weighted by molar-refractivity contribution is 0.475. The summed E-state index contributed by atoms with van der Waals surface area (Å²) in [6.45, 7) is 0. The van der Waals surface area contributed by atoms with Gasteiger partial charge in [-0.1, -0.05) is 28.1 Å². The van der Waals surface area contributed by atoms with Gasteiger partial charge in [-0.25, -0.2) is 0 Å². The Bertz CT molecular complexity index is 572. The largest absolute Gasteiger partial charge is 0.508 e. The summed E-state index contributed by atoms with van der Waals surface area (Å²) in [5.41, 5.74) is 2.38. The summed E-state index contributed by atoms with van der Waals surface area (Å²) in [6.07, 6.45) is 0. The van der Waals surface area contributed by atoms with Gasteiger partial charge in [0, 0.05) is 4.47 Å². The summed E-state index contributed by atoms with van der Waals surface area (Å²) in [7, 11) is 0.